The van der Waals surface area contributed by atoms with E-state index in [0.29, 0.717) is 23.4 Å². The zero-order chi connectivity index (χ0) is 9.76. The third-order valence-corrected chi connectivity index (χ3v) is 4.59. The van der Waals surface area contributed by atoms with E-state index in [4.69, 9.17) is 0 Å². The number of hydrogen-bond donors (Lipinski definition) is 0. The highest BCUT2D eigenvalue weighted by Crippen LogP contribution is 2.63. The molecule has 3 atom stereocenters. The summed E-state index contributed by atoms with van der Waals surface area (Å²) in [5.41, 5.74) is 0.594. The summed E-state index contributed by atoms with van der Waals surface area (Å²) in [6.45, 7) is 2.22. The molecule has 78 valence electrons. The molecule has 3 fully saturated rings. The van der Waals surface area contributed by atoms with E-state index < -0.39 is 0 Å². The second kappa shape index (κ2) is 2.74. The van der Waals surface area contributed by atoms with Crippen LogP contribution in [0.4, 0.5) is 0 Å². The highest BCUT2D eigenvalue weighted by atomic mass is 16.2. The van der Waals surface area contributed by atoms with E-state index in [-0.39, 0.29) is 0 Å². The zero-order valence-electron chi connectivity index (χ0n) is 8.96. The minimum absolute atomic E-state index is 0.445. The van der Waals surface area contributed by atoms with E-state index in [1.54, 1.807) is 0 Å². The van der Waals surface area contributed by atoms with Crippen molar-refractivity contribution in [1.29, 1.82) is 0 Å². The van der Waals surface area contributed by atoms with Gasteiger partial charge in [-0.1, -0.05) is 13.3 Å². The third kappa shape index (κ3) is 0.999. The van der Waals surface area contributed by atoms with Crippen LogP contribution >= 0.6 is 0 Å². The molecule has 1 saturated carbocycles. The smallest absolute Gasteiger partial charge is 0.223 e. The van der Waals surface area contributed by atoms with Crippen molar-refractivity contribution in [3.05, 3.63) is 0 Å². The van der Waals surface area contributed by atoms with Crippen molar-refractivity contribution in [3.8, 4) is 0 Å². The third-order valence-electron chi connectivity index (χ3n) is 4.59. The van der Waals surface area contributed by atoms with Crippen molar-refractivity contribution in [2.45, 2.75) is 64.0 Å². The number of rotatable bonds is 1. The minimum Gasteiger partial charge on any atom is -0.336 e. The van der Waals surface area contributed by atoms with Gasteiger partial charge in [0.05, 0.1) is 0 Å². The summed E-state index contributed by atoms with van der Waals surface area (Å²) in [6, 6.07) is 1.24. The summed E-state index contributed by atoms with van der Waals surface area (Å²) >= 11 is 0. The quantitative estimate of drug-likeness (QED) is 0.626. The van der Waals surface area contributed by atoms with E-state index in [0.717, 1.165) is 19.3 Å². The van der Waals surface area contributed by atoms with Gasteiger partial charge in [0.1, 0.15) is 0 Å². The van der Waals surface area contributed by atoms with Crippen molar-refractivity contribution in [2.75, 3.05) is 0 Å². The minimum atomic E-state index is 0.445. The molecule has 2 heterocycles. The average Bonchev–Trinajstić information content (AvgIpc) is 2.73. The van der Waals surface area contributed by atoms with Gasteiger partial charge in [0.15, 0.2) is 0 Å². The van der Waals surface area contributed by atoms with Crippen molar-refractivity contribution >= 4 is 5.91 Å². The topological polar surface area (TPSA) is 20.3 Å². The largest absolute Gasteiger partial charge is 0.336 e. The van der Waals surface area contributed by atoms with Crippen LogP contribution in [0.1, 0.15) is 51.9 Å². The van der Waals surface area contributed by atoms with E-state index >= 15 is 0 Å². The van der Waals surface area contributed by atoms with Gasteiger partial charge in [-0.25, -0.2) is 0 Å². The van der Waals surface area contributed by atoms with Crippen LogP contribution in [0.15, 0.2) is 0 Å². The van der Waals surface area contributed by atoms with Crippen LogP contribution in [-0.4, -0.2) is 22.9 Å². The molecule has 2 saturated heterocycles. The Balaban J connectivity index is 1.89. The molecule has 3 rings (SSSR count). The Labute approximate surface area is 85.7 Å². The summed E-state index contributed by atoms with van der Waals surface area (Å²) in [5, 5.41) is 0. The molecule has 1 amide bonds. The fourth-order valence-electron chi connectivity index (χ4n) is 3.73. The lowest BCUT2D eigenvalue weighted by Gasteiger charge is -2.26. The van der Waals surface area contributed by atoms with Gasteiger partial charge in [0.25, 0.3) is 0 Å². The first kappa shape index (κ1) is 8.75. The SMILES string of the molecule is CCC1CC23CCCCC(=O)N1C2C3. The van der Waals surface area contributed by atoms with Gasteiger partial charge in [0, 0.05) is 18.5 Å². The first-order valence-electron chi connectivity index (χ1n) is 6.08. The number of carbonyl (C=O) groups excluding carboxylic acids is 1. The number of amides is 1. The second-order valence-corrected chi connectivity index (χ2v) is 5.36. The Morgan fingerprint density at radius 3 is 3.07 bits per heavy atom. The highest BCUT2D eigenvalue weighted by Gasteiger charge is 2.64. The molecule has 14 heavy (non-hydrogen) atoms. The van der Waals surface area contributed by atoms with Crippen LogP contribution in [0.3, 0.4) is 0 Å². The highest BCUT2D eigenvalue weighted by molar-refractivity contribution is 5.78. The summed E-state index contributed by atoms with van der Waals surface area (Å²) in [7, 11) is 0. The van der Waals surface area contributed by atoms with Crippen molar-refractivity contribution < 1.29 is 4.79 Å². The maximum atomic E-state index is 12.0. The van der Waals surface area contributed by atoms with Crippen LogP contribution in [0.5, 0.6) is 0 Å². The predicted molar refractivity (Wildman–Crippen MR) is 54.8 cm³/mol. The van der Waals surface area contributed by atoms with Crippen molar-refractivity contribution in [2.24, 2.45) is 5.41 Å². The van der Waals surface area contributed by atoms with Gasteiger partial charge >= 0.3 is 0 Å². The molecular weight excluding hydrogens is 174 g/mol. The Bertz CT molecular complexity index is 273. The van der Waals surface area contributed by atoms with Crippen LogP contribution in [0, 0.1) is 5.41 Å². The monoisotopic (exact) mass is 193 g/mol. The molecule has 0 N–H and O–H groups in total. The Kier molecular flexibility index (Phi) is 1.71. The maximum absolute atomic E-state index is 12.0. The van der Waals surface area contributed by atoms with Crippen LogP contribution in [0.2, 0.25) is 0 Å². The molecule has 0 aromatic rings. The molecule has 2 bridgehead atoms. The van der Waals surface area contributed by atoms with Gasteiger partial charge < -0.3 is 4.90 Å². The van der Waals surface area contributed by atoms with E-state index in [1.807, 2.05) is 0 Å². The fourth-order valence-corrected chi connectivity index (χ4v) is 3.73. The Hall–Kier alpha value is -0.530. The Morgan fingerprint density at radius 1 is 1.43 bits per heavy atom. The summed E-state index contributed by atoms with van der Waals surface area (Å²) in [6.07, 6.45) is 8.38. The average molecular weight is 193 g/mol. The van der Waals surface area contributed by atoms with Crippen molar-refractivity contribution in [3.63, 3.8) is 0 Å². The van der Waals surface area contributed by atoms with E-state index in [1.165, 1.54) is 25.7 Å². The van der Waals surface area contributed by atoms with Gasteiger partial charge in [0.2, 0.25) is 5.91 Å². The molecule has 0 radical (unpaired) electrons. The molecule has 2 heteroatoms. The molecule has 2 nitrogen and oxygen atoms in total. The standard InChI is InChI=1S/C12H19NO/c1-2-9-7-12-6-4-3-5-11(14)13(9)10(12)8-12/h9-10H,2-8H2,1H3. The molecule has 0 aromatic heterocycles. The van der Waals surface area contributed by atoms with Gasteiger partial charge in [-0.15, -0.1) is 0 Å². The first-order chi connectivity index (χ1) is 6.77. The molecule has 0 aromatic carbocycles. The zero-order valence-corrected chi connectivity index (χ0v) is 8.96. The van der Waals surface area contributed by atoms with Crippen LogP contribution < -0.4 is 0 Å². The molecule has 3 aliphatic rings. The maximum Gasteiger partial charge on any atom is 0.223 e. The van der Waals surface area contributed by atoms with Gasteiger partial charge in [-0.05, 0) is 37.5 Å². The lowest BCUT2D eigenvalue weighted by molar-refractivity contribution is -0.133. The predicted octanol–water partition coefficient (Wildman–Crippen LogP) is 2.33. The van der Waals surface area contributed by atoms with Crippen molar-refractivity contribution in [1.82, 2.24) is 4.90 Å². The Morgan fingerprint density at radius 2 is 2.29 bits per heavy atom. The fraction of sp³-hybridized carbons (Fsp3) is 0.917. The van der Waals surface area contributed by atoms with Gasteiger partial charge in [-0.2, -0.15) is 0 Å². The molecular formula is C12H19NO. The van der Waals surface area contributed by atoms with Crippen LogP contribution in [0.25, 0.3) is 0 Å². The van der Waals surface area contributed by atoms with Gasteiger partial charge in [-0.3, -0.25) is 4.79 Å². The number of hydrogen-bond acceptors (Lipinski definition) is 1. The normalized spacial score (nSPS) is 45.8. The molecule has 3 unspecified atom stereocenters. The number of piperidine rings is 1. The molecule has 1 aliphatic carbocycles. The van der Waals surface area contributed by atoms with E-state index in [9.17, 15) is 4.79 Å². The van der Waals surface area contributed by atoms with E-state index in [2.05, 4.69) is 11.8 Å². The summed E-state index contributed by atoms with van der Waals surface area (Å²) in [4.78, 5) is 14.2. The first-order valence-corrected chi connectivity index (χ1v) is 6.08. The molecule has 0 spiro atoms. The summed E-state index contributed by atoms with van der Waals surface area (Å²) < 4.78 is 0. The molecule has 2 aliphatic heterocycles. The van der Waals surface area contributed by atoms with Crippen LogP contribution in [-0.2, 0) is 4.79 Å². The lowest BCUT2D eigenvalue weighted by atomic mass is 9.92. The second-order valence-electron chi connectivity index (χ2n) is 5.36. The lowest BCUT2D eigenvalue weighted by Crippen LogP contribution is -2.38. The number of nitrogens with zero attached hydrogens (tertiary/aromatic N) is 1. The number of carbonyl (C=O) groups is 1. The summed E-state index contributed by atoms with van der Waals surface area (Å²) in [5.74, 6) is 0.445.